The molecule has 0 saturated carbocycles. The van der Waals surface area contributed by atoms with Crippen LogP contribution in [0.4, 0.5) is 0 Å². The van der Waals surface area contributed by atoms with Gasteiger partial charge < -0.3 is 0 Å². The Bertz CT molecular complexity index is 348. The molecule has 0 aliphatic heterocycles. The Morgan fingerprint density at radius 2 is 2.15 bits per heavy atom. The summed E-state index contributed by atoms with van der Waals surface area (Å²) in [6, 6.07) is 10.9. The molecular weight excluding hydrogens is 158 g/mol. The predicted molar refractivity (Wildman–Crippen MR) is 52.3 cm³/mol. The maximum atomic E-state index is 8.94. The highest BCUT2D eigenvalue weighted by Gasteiger charge is 2.25. The van der Waals surface area contributed by atoms with Gasteiger partial charge in [0.1, 0.15) is 0 Å². The van der Waals surface area contributed by atoms with Gasteiger partial charge in [-0.1, -0.05) is 31.2 Å². The van der Waals surface area contributed by atoms with Crippen molar-refractivity contribution in [1.29, 1.82) is 5.26 Å². The molecule has 1 aliphatic carbocycles. The summed E-state index contributed by atoms with van der Waals surface area (Å²) in [6.45, 7) is 2.16. The summed E-state index contributed by atoms with van der Waals surface area (Å²) in [6.07, 6.45) is 2.09. The number of aryl methyl sites for hydroxylation is 1. The standard InChI is InChI=1S/C12H13N/c1-9-11(8-13)7-6-10-4-2-3-5-12(9)10/h2-5,9,11H,6-7H2,1H3/t9-,11+/m0/s1. The fourth-order valence-electron chi connectivity index (χ4n) is 2.16. The molecule has 2 rings (SSSR count). The molecule has 1 aromatic rings. The van der Waals surface area contributed by atoms with Gasteiger partial charge in [0.25, 0.3) is 0 Å². The fraction of sp³-hybridized carbons (Fsp3) is 0.417. The number of hydrogen-bond donors (Lipinski definition) is 0. The zero-order valence-electron chi connectivity index (χ0n) is 7.83. The zero-order chi connectivity index (χ0) is 9.26. The Morgan fingerprint density at radius 1 is 1.38 bits per heavy atom. The van der Waals surface area contributed by atoms with E-state index >= 15 is 0 Å². The molecule has 13 heavy (non-hydrogen) atoms. The van der Waals surface area contributed by atoms with Gasteiger partial charge in [-0.25, -0.2) is 0 Å². The van der Waals surface area contributed by atoms with E-state index in [9.17, 15) is 0 Å². The number of nitrogens with zero attached hydrogens (tertiary/aromatic N) is 1. The molecule has 66 valence electrons. The molecule has 0 unspecified atom stereocenters. The number of fused-ring (bicyclic) bond motifs is 1. The zero-order valence-corrected chi connectivity index (χ0v) is 7.83. The molecule has 2 atom stereocenters. The summed E-state index contributed by atoms with van der Waals surface area (Å²) in [5.41, 5.74) is 2.81. The average Bonchev–Trinajstić information content (AvgIpc) is 2.19. The summed E-state index contributed by atoms with van der Waals surface area (Å²) < 4.78 is 0. The van der Waals surface area contributed by atoms with E-state index in [-0.39, 0.29) is 5.92 Å². The SMILES string of the molecule is C[C@@H]1c2ccccc2CC[C@@H]1C#N. The lowest BCUT2D eigenvalue weighted by Crippen LogP contribution is -2.16. The molecule has 0 saturated heterocycles. The van der Waals surface area contributed by atoms with Gasteiger partial charge in [-0.05, 0) is 29.9 Å². The van der Waals surface area contributed by atoms with Crippen molar-refractivity contribution in [2.45, 2.75) is 25.7 Å². The lowest BCUT2D eigenvalue weighted by molar-refractivity contribution is 0.481. The topological polar surface area (TPSA) is 23.8 Å². The van der Waals surface area contributed by atoms with Gasteiger partial charge >= 0.3 is 0 Å². The lowest BCUT2D eigenvalue weighted by Gasteiger charge is -2.26. The summed E-state index contributed by atoms with van der Waals surface area (Å²) >= 11 is 0. The minimum atomic E-state index is 0.217. The Balaban J connectivity index is 2.40. The van der Waals surface area contributed by atoms with Crippen LogP contribution in [0.2, 0.25) is 0 Å². The quantitative estimate of drug-likeness (QED) is 0.588. The Hall–Kier alpha value is -1.29. The smallest absolute Gasteiger partial charge is 0.0662 e. The third-order valence-corrected chi connectivity index (χ3v) is 3.04. The van der Waals surface area contributed by atoms with Gasteiger partial charge in [-0.2, -0.15) is 5.26 Å². The first-order chi connectivity index (χ1) is 6.33. The van der Waals surface area contributed by atoms with Crippen molar-refractivity contribution in [3.8, 4) is 6.07 Å². The number of rotatable bonds is 0. The first-order valence-corrected chi connectivity index (χ1v) is 4.80. The molecule has 0 radical (unpaired) electrons. The van der Waals surface area contributed by atoms with E-state index in [0.717, 1.165) is 12.8 Å². The molecule has 0 spiro atoms. The molecule has 1 nitrogen and oxygen atoms in total. The van der Waals surface area contributed by atoms with Crippen LogP contribution in [0.5, 0.6) is 0 Å². The molecule has 1 aromatic carbocycles. The van der Waals surface area contributed by atoms with E-state index in [1.54, 1.807) is 0 Å². The average molecular weight is 171 g/mol. The molecule has 0 fully saturated rings. The van der Waals surface area contributed by atoms with Crippen molar-refractivity contribution in [2.75, 3.05) is 0 Å². The fourth-order valence-corrected chi connectivity index (χ4v) is 2.16. The summed E-state index contributed by atoms with van der Waals surface area (Å²) in [5.74, 6) is 0.629. The maximum Gasteiger partial charge on any atom is 0.0662 e. The van der Waals surface area contributed by atoms with Gasteiger partial charge in [-0.3, -0.25) is 0 Å². The van der Waals surface area contributed by atoms with E-state index in [1.165, 1.54) is 11.1 Å². The van der Waals surface area contributed by atoms with Crippen LogP contribution in [0.1, 0.15) is 30.4 Å². The Morgan fingerprint density at radius 3 is 2.92 bits per heavy atom. The first kappa shape index (κ1) is 8.31. The third-order valence-electron chi connectivity index (χ3n) is 3.04. The second-order valence-corrected chi connectivity index (χ2v) is 3.76. The van der Waals surface area contributed by atoms with Crippen LogP contribution in [0.3, 0.4) is 0 Å². The van der Waals surface area contributed by atoms with E-state index in [1.807, 2.05) is 0 Å². The normalized spacial score (nSPS) is 26.2. The second-order valence-electron chi connectivity index (χ2n) is 3.76. The molecule has 0 heterocycles. The first-order valence-electron chi connectivity index (χ1n) is 4.80. The van der Waals surface area contributed by atoms with Crippen molar-refractivity contribution in [3.63, 3.8) is 0 Å². The van der Waals surface area contributed by atoms with Crippen molar-refractivity contribution in [2.24, 2.45) is 5.92 Å². The highest BCUT2D eigenvalue weighted by atomic mass is 14.3. The number of benzene rings is 1. The third kappa shape index (κ3) is 1.33. The van der Waals surface area contributed by atoms with Crippen molar-refractivity contribution in [3.05, 3.63) is 35.4 Å². The van der Waals surface area contributed by atoms with Crippen LogP contribution in [0.15, 0.2) is 24.3 Å². The van der Waals surface area contributed by atoms with Crippen molar-refractivity contribution < 1.29 is 0 Å². The molecule has 0 N–H and O–H groups in total. The molecular formula is C12H13N. The summed E-state index contributed by atoms with van der Waals surface area (Å²) in [5, 5.41) is 8.94. The van der Waals surface area contributed by atoms with Gasteiger partial charge in [0.05, 0.1) is 12.0 Å². The number of nitriles is 1. The van der Waals surface area contributed by atoms with Crippen LogP contribution in [-0.2, 0) is 6.42 Å². The molecule has 0 amide bonds. The van der Waals surface area contributed by atoms with Crippen LogP contribution < -0.4 is 0 Å². The molecule has 0 aromatic heterocycles. The highest BCUT2D eigenvalue weighted by Crippen LogP contribution is 2.34. The predicted octanol–water partition coefficient (Wildman–Crippen LogP) is 2.88. The minimum absolute atomic E-state index is 0.217. The van der Waals surface area contributed by atoms with Crippen LogP contribution in [0.25, 0.3) is 0 Å². The van der Waals surface area contributed by atoms with E-state index < -0.39 is 0 Å². The molecule has 0 bridgehead atoms. The minimum Gasteiger partial charge on any atom is -0.198 e. The van der Waals surface area contributed by atoms with Crippen molar-refractivity contribution >= 4 is 0 Å². The van der Waals surface area contributed by atoms with Gasteiger partial charge in [0, 0.05) is 0 Å². The van der Waals surface area contributed by atoms with Crippen LogP contribution >= 0.6 is 0 Å². The second kappa shape index (κ2) is 3.22. The van der Waals surface area contributed by atoms with Gasteiger partial charge in [0.15, 0.2) is 0 Å². The lowest BCUT2D eigenvalue weighted by atomic mass is 9.77. The summed E-state index contributed by atoms with van der Waals surface area (Å²) in [7, 11) is 0. The van der Waals surface area contributed by atoms with E-state index in [0.29, 0.717) is 5.92 Å². The maximum absolute atomic E-state index is 8.94. The summed E-state index contributed by atoms with van der Waals surface area (Å²) in [4.78, 5) is 0. The van der Waals surface area contributed by atoms with Gasteiger partial charge in [0.2, 0.25) is 0 Å². The van der Waals surface area contributed by atoms with Crippen LogP contribution in [-0.4, -0.2) is 0 Å². The van der Waals surface area contributed by atoms with Crippen LogP contribution in [0, 0.1) is 17.2 Å². The monoisotopic (exact) mass is 171 g/mol. The van der Waals surface area contributed by atoms with Crippen molar-refractivity contribution in [1.82, 2.24) is 0 Å². The number of hydrogen-bond acceptors (Lipinski definition) is 1. The van der Waals surface area contributed by atoms with E-state index in [4.69, 9.17) is 5.26 Å². The molecule has 1 aliphatic rings. The highest BCUT2D eigenvalue weighted by molar-refractivity contribution is 5.34. The Kier molecular flexibility index (Phi) is 2.06. The Labute approximate surface area is 79.0 Å². The largest absolute Gasteiger partial charge is 0.198 e. The van der Waals surface area contributed by atoms with Gasteiger partial charge in [-0.15, -0.1) is 0 Å². The van der Waals surface area contributed by atoms with E-state index in [2.05, 4.69) is 37.3 Å². The molecule has 1 heteroatoms.